The minimum absolute atomic E-state index is 0.138. The second kappa shape index (κ2) is 8.83. The maximum Gasteiger partial charge on any atom is 0.243 e. The second-order valence-corrected chi connectivity index (χ2v) is 8.55. The molecule has 1 aliphatic rings. The molecule has 1 amide bonds. The predicted octanol–water partition coefficient (Wildman–Crippen LogP) is 3.33. The number of hydrogen-bond donors (Lipinski definition) is 2. The first-order chi connectivity index (χ1) is 13.8. The van der Waals surface area contributed by atoms with E-state index in [1.165, 1.54) is 28.6 Å². The van der Waals surface area contributed by atoms with Crippen molar-refractivity contribution in [3.8, 4) is 0 Å². The topological polar surface area (TPSA) is 78.5 Å². The summed E-state index contributed by atoms with van der Waals surface area (Å²) < 4.78 is 66.3. The molecule has 0 aromatic heterocycles. The van der Waals surface area contributed by atoms with E-state index in [1.54, 1.807) is 0 Å². The normalized spacial score (nSPS) is 15.1. The van der Waals surface area contributed by atoms with Crippen LogP contribution >= 0.6 is 0 Å². The molecule has 2 aromatic rings. The number of benzene rings is 2. The summed E-state index contributed by atoms with van der Waals surface area (Å²) in [6.07, 6.45) is 2.68. The molecule has 0 unspecified atom stereocenters. The van der Waals surface area contributed by atoms with Crippen molar-refractivity contribution >= 4 is 27.3 Å². The first-order valence-corrected chi connectivity index (χ1v) is 10.5. The molecule has 0 aliphatic carbocycles. The highest BCUT2D eigenvalue weighted by molar-refractivity contribution is 7.89. The van der Waals surface area contributed by atoms with Crippen molar-refractivity contribution in [1.29, 1.82) is 0 Å². The van der Waals surface area contributed by atoms with Gasteiger partial charge in [-0.1, -0.05) is 6.42 Å². The molecule has 2 aromatic carbocycles. The standard InChI is InChI=1S/C19H20F3N3O3S/c20-15-8-9-16(19(22)18(15)21)23-12-17(26)24-13-4-6-14(7-5-13)29(27,28)25-10-2-1-3-11-25/h4-9,23H,1-3,10-12H2,(H,24,26). The maximum atomic E-state index is 13.6. The van der Waals surface area contributed by atoms with Gasteiger partial charge in [-0.2, -0.15) is 4.31 Å². The molecule has 6 nitrogen and oxygen atoms in total. The molecule has 3 rings (SSSR count). The third kappa shape index (κ3) is 4.88. The van der Waals surface area contributed by atoms with Crippen molar-refractivity contribution in [2.45, 2.75) is 24.2 Å². The highest BCUT2D eigenvalue weighted by atomic mass is 32.2. The molecule has 0 radical (unpaired) electrons. The molecule has 1 heterocycles. The number of anilines is 2. The smallest absolute Gasteiger partial charge is 0.243 e. The van der Waals surface area contributed by atoms with Gasteiger partial charge in [-0.05, 0) is 49.2 Å². The Morgan fingerprint density at radius 2 is 1.59 bits per heavy atom. The molecule has 10 heteroatoms. The zero-order valence-electron chi connectivity index (χ0n) is 15.4. The molecule has 1 aliphatic heterocycles. The van der Waals surface area contributed by atoms with Gasteiger partial charge in [0, 0.05) is 18.8 Å². The van der Waals surface area contributed by atoms with Crippen molar-refractivity contribution in [3.63, 3.8) is 0 Å². The van der Waals surface area contributed by atoms with Crippen molar-refractivity contribution in [3.05, 3.63) is 53.8 Å². The minimum Gasteiger partial charge on any atom is -0.374 e. The lowest BCUT2D eigenvalue weighted by molar-refractivity contribution is -0.114. The van der Waals surface area contributed by atoms with Crippen LogP contribution in [0.25, 0.3) is 0 Å². The maximum absolute atomic E-state index is 13.6. The number of carbonyl (C=O) groups is 1. The van der Waals surface area contributed by atoms with E-state index in [-0.39, 0.29) is 10.6 Å². The Morgan fingerprint density at radius 3 is 2.24 bits per heavy atom. The van der Waals surface area contributed by atoms with Crippen LogP contribution in [0, 0.1) is 17.5 Å². The summed E-state index contributed by atoms with van der Waals surface area (Å²) in [6.45, 7) is 0.593. The monoisotopic (exact) mass is 427 g/mol. The molecule has 0 bridgehead atoms. The number of carbonyl (C=O) groups excluding carboxylic acids is 1. The van der Waals surface area contributed by atoms with E-state index in [2.05, 4.69) is 10.6 Å². The zero-order valence-corrected chi connectivity index (χ0v) is 16.2. The van der Waals surface area contributed by atoms with E-state index in [0.717, 1.165) is 31.4 Å². The zero-order chi connectivity index (χ0) is 21.0. The number of hydrogen-bond acceptors (Lipinski definition) is 4. The van der Waals surface area contributed by atoms with E-state index in [1.807, 2.05) is 0 Å². The van der Waals surface area contributed by atoms with Crippen molar-refractivity contribution < 1.29 is 26.4 Å². The molecule has 0 spiro atoms. The van der Waals surface area contributed by atoms with E-state index in [4.69, 9.17) is 0 Å². The lowest BCUT2D eigenvalue weighted by atomic mass is 10.2. The van der Waals surface area contributed by atoms with Gasteiger partial charge in [0.15, 0.2) is 17.5 Å². The fraction of sp³-hybridized carbons (Fsp3) is 0.316. The molecule has 2 N–H and O–H groups in total. The van der Waals surface area contributed by atoms with Gasteiger partial charge < -0.3 is 10.6 Å². The van der Waals surface area contributed by atoms with Crippen molar-refractivity contribution in [2.24, 2.45) is 0 Å². The summed E-state index contributed by atoms with van der Waals surface area (Å²) in [6, 6.07) is 7.45. The fourth-order valence-corrected chi connectivity index (χ4v) is 4.52. The molecule has 0 saturated carbocycles. The van der Waals surface area contributed by atoms with Crippen molar-refractivity contribution in [2.75, 3.05) is 30.3 Å². The minimum atomic E-state index is -3.57. The fourth-order valence-electron chi connectivity index (χ4n) is 3.01. The van der Waals surface area contributed by atoms with Crippen LogP contribution in [0.5, 0.6) is 0 Å². The van der Waals surface area contributed by atoms with Crippen LogP contribution in [0.4, 0.5) is 24.5 Å². The quantitative estimate of drug-likeness (QED) is 0.694. The van der Waals surface area contributed by atoms with Crippen LogP contribution in [0.2, 0.25) is 0 Å². The first-order valence-electron chi connectivity index (χ1n) is 9.06. The first kappa shape index (κ1) is 21.1. The van der Waals surface area contributed by atoms with Gasteiger partial charge in [0.05, 0.1) is 17.1 Å². The Bertz CT molecular complexity index is 992. The lowest BCUT2D eigenvalue weighted by Gasteiger charge is -2.25. The van der Waals surface area contributed by atoms with E-state index in [9.17, 15) is 26.4 Å². The van der Waals surface area contributed by atoms with Crippen LogP contribution in [0.15, 0.2) is 41.3 Å². The van der Waals surface area contributed by atoms with Gasteiger partial charge in [0.25, 0.3) is 0 Å². The van der Waals surface area contributed by atoms with Gasteiger partial charge in [-0.15, -0.1) is 0 Å². The number of rotatable bonds is 6. The molecule has 0 atom stereocenters. The molecular weight excluding hydrogens is 407 g/mol. The highest BCUT2D eigenvalue weighted by Gasteiger charge is 2.25. The average molecular weight is 427 g/mol. The summed E-state index contributed by atoms with van der Waals surface area (Å²) in [5.74, 6) is -4.93. The number of nitrogens with zero attached hydrogens (tertiary/aromatic N) is 1. The molecule has 156 valence electrons. The van der Waals surface area contributed by atoms with E-state index >= 15 is 0 Å². The third-order valence-electron chi connectivity index (χ3n) is 4.57. The van der Waals surface area contributed by atoms with Crippen molar-refractivity contribution in [1.82, 2.24) is 4.31 Å². The Morgan fingerprint density at radius 1 is 0.931 bits per heavy atom. The van der Waals surface area contributed by atoms with Gasteiger partial charge in [-0.3, -0.25) is 4.79 Å². The molecule has 29 heavy (non-hydrogen) atoms. The highest BCUT2D eigenvalue weighted by Crippen LogP contribution is 2.22. The summed E-state index contributed by atoms with van der Waals surface area (Å²) >= 11 is 0. The van der Waals surface area contributed by atoms with Gasteiger partial charge >= 0.3 is 0 Å². The summed E-state index contributed by atoms with van der Waals surface area (Å²) in [5.41, 5.74) is 0.00201. The Hall–Kier alpha value is -2.59. The van der Waals surface area contributed by atoms with E-state index in [0.29, 0.717) is 18.8 Å². The number of halogens is 3. The van der Waals surface area contributed by atoms with Crippen LogP contribution in [0.1, 0.15) is 19.3 Å². The molecule has 1 saturated heterocycles. The number of piperidine rings is 1. The predicted molar refractivity (Wildman–Crippen MR) is 102 cm³/mol. The average Bonchev–Trinajstić information content (AvgIpc) is 2.72. The lowest BCUT2D eigenvalue weighted by Crippen LogP contribution is -2.35. The number of amides is 1. The van der Waals surface area contributed by atoms with E-state index < -0.39 is 39.9 Å². The van der Waals surface area contributed by atoms with Gasteiger partial charge in [-0.25, -0.2) is 21.6 Å². The number of sulfonamides is 1. The van der Waals surface area contributed by atoms with Crippen LogP contribution < -0.4 is 10.6 Å². The Labute approximate surface area is 166 Å². The molecular formula is C19H20F3N3O3S. The van der Waals surface area contributed by atoms with Crippen LogP contribution in [-0.4, -0.2) is 38.3 Å². The Kier molecular flexibility index (Phi) is 6.43. The summed E-state index contributed by atoms with van der Waals surface area (Å²) in [7, 11) is -3.57. The summed E-state index contributed by atoms with van der Waals surface area (Å²) in [5, 5.41) is 4.90. The van der Waals surface area contributed by atoms with Crippen LogP contribution in [0.3, 0.4) is 0 Å². The largest absolute Gasteiger partial charge is 0.374 e. The Balaban J connectivity index is 1.59. The number of nitrogens with one attached hydrogen (secondary N) is 2. The van der Waals surface area contributed by atoms with Gasteiger partial charge in [0.2, 0.25) is 15.9 Å². The SMILES string of the molecule is O=C(CNc1ccc(F)c(F)c1F)Nc1ccc(S(=O)(=O)N2CCCCC2)cc1. The summed E-state index contributed by atoms with van der Waals surface area (Å²) in [4.78, 5) is 12.1. The van der Waals surface area contributed by atoms with Gasteiger partial charge in [0.1, 0.15) is 0 Å². The molecule has 1 fully saturated rings. The third-order valence-corrected chi connectivity index (χ3v) is 6.48. The second-order valence-electron chi connectivity index (χ2n) is 6.61. The van der Waals surface area contributed by atoms with Crippen LogP contribution in [-0.2, 0) is 14.8 Å².